The van der Waals surface area contributed by atoms with Gasteiger partial charge in [0.2, 0.25) is 0 Å². The maximum atomic E-state index is 9.28. The largest absolute Gasteiger partial charge is 0.396 e. The third-order valence-electron chi connectivity index (χ3n) is 3.93. The molecule has 0 radical (unpaired) electrons. The van der Waals surface area contributed by atoms with Crippen LogP contribution in [0.4, 0.5) is 0 Å². The van der Waals surface area contributed by atoms with Gasteiger partial charge in [0, 0.05) is 31.3 Å². The minimum absolute atomic E-state index is 0.318. The second-order valence-corrected chi connectivity index (χ2v) is 5.46. The molecule has 1 fully saturated rings. The summed E-state index contributed by atoms with van der Waals surface area (Å²) in [6.45, 7) is 3.45. The lowest BCUT2D eigenvalue weighted by molar-refractivity contribution is 0.116. The normalized spacial score (nSPS) is 20.8. The average Bonchev–Trinajstić information content (AvgIpc) is 2.47. The summed E-state index contributed by atoms with van der Waals surface area (Å²) in [6, 6.07) is 10.6. The Morgan fingerprint density at radius 1 is 1.32 bits per heavy atom. The molecular weight excluding hydrogens is 236 g/mol. The minimum Gasteiger partial charge on any atom is -0.396 e. The first kappa shape index (κ1) is 12.6. The van der Waals surface area contributed by atoms with Gasteiger partial charge >= 0.3 is 0 Å². The Kier molecular flexibility index (Phi) is 3.76. The molecule has 2 heterocycles. The molecule has 3 heteroatoms. The van der Waals surface area contributed by atoms with Gasteiger partial charge in [-0.1, -0.05) is 12.1 Å². The summed E-state index contributed by atoms with van der Waals surface area (Å²) < 4.78 is 0. The Balaban J connectivity index is 1.74. The van der Waals surface area contributed by atoms with Crippen LogP contribution in [-0.4, -0.2) is 34.7 Å². The van der Waals surface area contributed by atoms with Crippen molar-refractivity contribution in [2.45, 2.75) is 19.4 Å². The number of aliphatic hydroxyl groups excluding tert-OH is 1. The number of piperidine rings is 1. The number of hydrogen-bond acceptors (Lipinski definition) is 3. The van der Waals surface area contributed by atoms with Crippen LogP contribution in [0.5, 0.6) is 0 Å². The average molecular weight is 256 g/mol. The van der Waals surface area contributed by atoms with Crippen molar-refractivity contribution in [2.75, 3.05) is 19.7 Å². The van der Waals surface area contributed by atoms with Gasteiger partial charge in [0.05, 0.1) is 5.52 Å². The second kappa shape index (κ2) is 5.68. The molecule has 1 N–H and O–H groups in total. The Morgan fingerprint density at radius 3 is 3.16 bits per heavy atom. The summed E-state index contributed by atoms with van der Waals surface area (Å²) in [5, 5.41) is 10.5. The van der Waals surface area contributed by atoms with E-state index in [0.717, 1.165) is 31.6 Å². The number of rotatable bonds is 3. The van der Waals surface area contributed by atoms with E-state index in [4.69, 9.17) is 0 Å². The van der Waals surface area contributed by atoms with Crippen molar-refractivity contribution in [1.82, 2.24) is 9.88 Å². The van der Waals surface area contributed by atoms with Gasteiger partial charge in [-0.25, -0.2) is 0 Å². The molecular formula is C16H20N2O. The van der Waals surface area contributed by atoms with E-state index in [0.29, 0.717) is 12.5 Å². The summed E-state index contributed by atoms with van der Waals surface area (Å²) in [7, 11) is 0. The van der Waals surface area contributed by atoms with Crippen LogP contribution in [0.25, 0.3) is 10.9 Å². The molecule has 0 bridgehead atoms. The molecule has 1 aromatic carbocycles. The fourth-order valence-electron chi connectivity index (χ4n) is 2.93. The number of benzene rings is 1. The second-order valence-electron chi connectivity index (χ2n) is 5.46. The highest BCUT2D eigenvalue weighted by molar-refractivity contribution is 5.78. The van der Waals surface area contributed by atoms with Crippen LogP contribution in [-0.2, 0) is 6.54 Å². The van der Waals surface area contributed by atoms with E-state index in [1.54, 1.807) is 0 Å². The van der Waals surface area contributed by atoms with Gasteiger partial charge < -0.3 is 5.11 Å². The number of aromatic nitrogens is 1. The van der Waals surface area contributed by atoms with Crippen molar-refractivity contribution in [2.24, 2.45) is 5.92 Å². The lowest BCUT2D eigenvalue weighted by atomic mass is 9.98. The number of aliphatic hydroxyl groups is 1. The first-order valence-corrected chi connectivity index (χ1v) is 7.02. The van der Waals surface area contributed by atoms with E-state index >= 15 is 0 Å². The molecule has 0 saturated carbocycles. The van der Waals surface area contributed by atoms with Crippen LogP contribution in [0.2, 0.25) is 0 Å². The smallest absolute Gasteiger partial charge is 0.0702 e. The highest BCUT2D eigenvalue weighted by Gasteiger charge is 2.19. The van der Waals surface area contributed by atoms with Crippen molar-refractivity contribution in [3.63, 3.8) is 0 Å². The minimum atomic E-state index is 0.318. The Morgan fingerprint density at radius 2 is 2.26 bits per heavy atom. The first-order chi connectivity index (χ1) is 9.35. The lowest BCUT2D eigenvalue weighted by Crippen LogP contribution is -2.36. The van der Waals surface area contributed by atoms with Crippen molar-refractivity contribution >= 4 is 10.9 Å². The maximum Gasteiger partial charge on any atom is 0.0702 e. The zero-order valence-corrected chi connectivity index (χ0v) is 11.1. The summed E-state index contributed by atoms with van der Waals surface area (Å²) in [6.07, 6.45) is 4.19. The van der Waals surface area contributed by atoms with E-state index in [1.807, 2.05) is 12.3 Å². The Bertz CT molecular complexity index is 555. The monoisotopic (exact) mass is 256 g/mol. The van der Waals surface area contributed by atoms with Crippen molar-refractivity contribution < 1.29 is 5.11 Å². The van der Waals surface area contributed by atoms with Crippen LogP contribution in [0, 0.1) is 5.92 Å². The number of pyridine rings is 1. The molecule has 1 atom stereocenters. The maximum absolute atomic E-state index is 9.28. The van der Waals surface area contributed by atoms with Crippen LogP contribution >= 0.6 is 0 Å². The van der Waals surface area contributed by atoms with Gasteiger partial charge in [-0.3, -0.25) is 9.88 Å². The lowest BCUT2D eigenvalue weighted by Gasteiger charge is -2.31. The topological polar surface area (TPSA) is 36.4 Å². The fraction of sp³-hybridized carbons (Fsp3) is 0.438. The van der Waals surface area contributed by atoms with E-state index in [9.17, 15) is 5.11 Å². The van der Waals surface area contributed by atoms with E-state index in [1.165, 1.54) is 17.4 Å². The van der Waals surface area contributed by atoms with Gasteiger partial charge in [-0.05, 0) is 49.1 Å². The van der Waals surface area contributed by atoms with Gasteiger partial charge in [-0.2, -0.15) is 0 Å². The summed E-state index contributed by atoms with van der Waals surface area (Å²) in [5.74, 6) is 0.455. The SMILES string of the molecule is OCC1CCCN(Cc2ccc3ncccc3c2)C1. The Hall–Kier alpha value is -1.45. The predicted octanol–water partition coefficient (Wildman–Crippen LogP) is 2.44. The molecule has 0 spiro atoms. The summed E-state index contributed by atoms with van der Waals surface area (Å²) in [4.78, 5) is 6.79. The van der Waals surface area contributed by atoms with E-state index < -0.39 is 0 Å². The number of nitrogens with zero attached hydrogens (tertiary/aromatic N) is 2. The van der Waals surface area contributed by atoms with E-state index in [-0.39, 0.29) is 0 Å². The molecule has 3 rings (SSSR count). The van der Waals surface area contributed by atoms with Gasteiger partial charge in [0.25, 0.3) is 0 Å². The highest BCUT2D eigenvalue weighted by Crippen LogP contribution is 2.20. The summed E-state index contributed by atoms with van der Waals surface area (Å²) >= 11 is 0. The summed E-state index contributed by atoms with van der Waals surface area (Å²) in [5.41, 5.74) is 2.39. The number of fused-ring (bicyclic) bond motifs is 1. The van der Waals surface area contributed by atoms with Crippen LogP contribution < -0.4 is 0 Å². The standard InChI is InChI=1S/C16H20N2O/c19-12-14-3-2-8-18(11-14)10-13-5-6-16-15(9-13)4-1-7-17-16/h1,4-7,9,14,19H,2-3,8,10-12H2. The van der Waals surface area contributed by atoms with Gasteiger partial charge in [-0.15, -0.1) is 0 Å². The highest BCUT2D eigenvalue weighted by atomic mass is 16.3. The molecule has 0 aliphatic carbocycles. The van der Waals surface area contributed by atoms with Gasteiger partial charge in [0.1, 0.15) is 0 Å². The first-order valence-electron chi connectivity index (χ1n) is 7.02. The number of likely N-dealkylation sites (tertiary alicyclic amines) is 1. The molecule has 1 aromatic heterocycles. The molecule has 2 aromatic rings. The van der Waals surface area contributed by atoms with Crippen molar-refractivity contribution in [3.8, 4) is 0 Å². The van der Waals surface area contributed by atoms with Crippen molar-refractivity contribution in [1.29, 1.82) is 0 Å². The quantitative estimate of drug-likeness (QED) is 0.916. The molecule has 1 unspecified atom stereocenters. The molecule has 1 aliphatic heterocycles. The Labute approximate surface area is 113 Å². The van der Waals surface area contributed by atoms with Crippen LogP contribution in [0.1, 0.15) is 18.4 Å². The van der Waals surface area contributed by atoms with Crippen LogP contribution in [0.3, 0.4) is 0 Å². The molecule has 1 aliphatic rings. The molecule has 1 saturated heterocycles. The fourth-order valence-corrected chi connectivity index (χ4v) is 2.93. The van der Waals surface area contributed by atoms with Crippen molar-refractivity contribution in [3.05, 3.63) is 42.1 Å². The third-order valence-corrected chi connectivity index (χ3v) is 3.93. The molecule has 3 nitrogen and oxygen atoms in total. The van der Waals surface area contributed by atoms with E-state index in [2.05, 4.69) is 34.1 Å². The predicted molar refractivity (Wildman–Crippen MR) is 76.8 cm³/mol. The third kappa shape index (κ3) is 2.94. The number of hydrogen-bond donors (Lipinski definition) is 1. The molecule has 0 amide bonds. The zero-order chi connectivity index (χ0) is 13.1. The van der Waals surface area contributed by atoms with Crippen LogP contribution in [0.15, 0.2) is 36.5 Å². The van der Waals surface area contributed by atoms with Gasteiger partial charge in [0.15, 0.2) is 0 Å². The zero-order valence-electron chi connectivity index (χ0n) is 11.1. The molecule has 19 heavy (non-hydrogen) atoms. The molecule has 100 valence electrons.